The van der Waals surface area contributed by atoms with Gasteiger partial charge < -0.3 is 9.84 Å². The molecule has 2 aliphatic rings. The van der Waals surface area contributed by atoms with Gasteiger partial charge in [0.25, 0.3) is 0 Å². The van der Waals surface area contributed by atoms with Crippen molar-refractivity contribution in [3.63, 3.8) is 0 Å². The Kier molecular flexibility index (Phi) is 8.84. The van der Waals surface area contributed by atoms with E-state index in [0.29, 0.717) is 23.2 Å². The van der Waals surface area contributed by atoms with Gasteiger partial charge in [0.05, 0.1) is 11.5 Å². The van der Waals surface area contributed by atoms with E-state index in [1.807, 2.05) is 20.8 Å². The topological polar surface area (TPSA) is 46.5 Å². The van der Waals surface area contributed by atoms with Crippen LogP contribution in [0.1, 0.15) is 86.5 Å². The molecule has 0 unspecified atom stereocenters. The third-order valence-corrected chi connectivity index (χ3v) is 8.50. The Morgan fingerprint density at radius 3 is 2.63 bits per heavy atom. The molecule has 0 spiro atoms. The van der Waals surface area contributed by atoms with Crippen molar-refractivity contribution >= 4 is 21.9 Å². The van der Waals surface area contributed by atoms with Crippen LogP contribution in [0.25, 0.3) is 0 Å². The first-order valence-corrected chi connectivity index (χ1v) is 12.7. The van der Waals surface area contributed by atoms with Gasteiger partial charge in [-0.05, 0) is 99.4 Å². The Labute approximate surface area is 192 Å². The molecule has 0 amide bonds. The highest BCUT2D eigenvalue weighted by Gasteiger charge is 2.50. The lowest BCUT2D eigenvalue weighted by Crippen LogP contribution is -2.37. The second kappa shape index (κ2) is 10.3. The minimum atomic E-state index is -0.522. The van der Waals surface area contributed by atoms with Gasteiger partial charge in [-0.2, -0.15) is 0 Å². The van der Waals surface area contributed by atoms with E-state index >= 15 is 0 Å². The smallest absolute Gasteiger partial charge is 0.311 e. The molecule has 6 atom stereocenters. The van der Waals surface area contributed by atoms with Gasteiger partial charge >= 0.3 is 5.97 Å². The summed E-state index contributed by atoms with van der Waals surface area (Å²) in [6.07, 6.45) is 7.45. The van der Waals surface area contributed by atoms with E-state index in [1.54, 1.807) is 5.57 Å². The number of rotatable bonds is 8. The molecule has 2 saturated carbocycles. The van der Waals surface area contributed by atoms with Crippen molar-refractivity contribution in [3.05, 3.63) is 22.7 Å². The maximum Gasteiger partial charge on any atom is 0.311 e. The van der Waals surface area contributed by atoms with E-state index in [2.05, 4.69) is 48.3 Å². The van der Waals surface area contributed by atoms with Gasteiger partial charge in [0.1, 0.15) is 6.61 Å². The van der Waals surface area contributed by atoms with E-state index in [1.165, 1.54) is 32.1 Å². The standard InChI is InChI=1S/C26H43BrO3/c1-8-20(18(3)16-30-24(29)25(4,5)6)23(28)14-17(2)21-11-12-22-19(15-27)10-9-13-26(21,22)7/h15,17,20-23,28H,3,8-14,16H2,1-2,4-7H3/t17-,20-,21-,22+,23-,26-/m1/s1. The molecule has 30 heavy (non-hydrogen) atoms. The molecule has 4 heteroatoms. The Morgan fingerprint density at radius 2 is 2.07 bits per heavy atom. The van der Waals surface area contributed by atoms with E-state index in [-0.39, 0.29) is 18.5 Å². The highest BCUT2D eigenvalue weighted by molar-refractivity contribution is 9.11. The van der Waals surface area contributed by atoms with Crippen LogP contribution in [0.4, 0.5) is 0 Å². The third kappa shape index (κ3) is 5.59. The van der Waals surface area contributed by atoms with Crippen LogP contribution in [-0.2, 0) is 9.53 Å². The summed E-state index contributed by atoms with van der Waals surface area (Å²) in [7, 11) is 0. The summed E-state index contributed by atoms with van der Waals surface area (Å²) in [5.74, 6) is 1.53. The fraction of sp³-hybridized carbons (Fsp3) is 0.808. The molecule has 0 aromatic carbocycles. The summed E-state index contributed by atoms with van der Waals surface area (Å²) in [4.78, 5) is 14.3. The van der Waals surface area contributed by atoms with Gasteiger partial charge in [-0.1, -0.05) is 48.9 Å². The summed E-state index contributed by atoms with van der Waals surface area (Å²) < 4.78 is 5.46. The number of hydrogen-bond acceptors (Lipinski definition) is 3. The van der Waals surface area contributed by atoms with E-state index in [0.717, 1.165) is 18.4 Å². The zero-order chi connectivity index (χ0) is 22.7. The molecule has 2 fully saturated rings. The number of halogens is 1. The van der Waals surface area contributed by atoms with Crippen LogP contribution in [0, 0.1) is 34.5 Å². The lowest BCUT2D eigenvalue weighted by molar-refractivity contribution is -0.152. The van der Waals surface area contributed by atoms with Crippen molar-refractivity contribution in [2.45, 2.75) is 92.6 Å². The van der Waals surface area contributed by atoms with Gasteiger partial charge in [0.2, 0.25) is 0 Å². The first-order valence-electron chi connectivity index (χ1n) is 11.8. The van der Waals surface area contributed by atoms with Crippen LogP contribution in [0.2, 0.25) is 0 Å². The predicted molar refractivity (Wildman–Crippen MR) is 128 cm³/mol. The van der Waals surface area contributed by atoms with Gasteiger partial charge in [0.15, 0.2) is 0 Å². The largest absolute Gasteiger partial charge is 0.461 e. The summed E-state index contributed by atoms with van der Waals surface area (Å²) in [5.41, 5.74) is 2.23. The maximum absolute atomic E-state index is 12.1. The zero-order valence-corrected chi connectivity index (χ0v) is 21.6. The molecular formula is C26H43BrO3. The minimum Gasteiger partial charge on any atom is -0.461 e. The van der Waals surface area contributed by atoms with Gasteiger partial charge in [-0.25, -0.2) is 0 Å². The van der Waals surface area contributed by atoms with Crippen molar-refractivity contribution in [1.82, 2.24) is 0 Å². The number of aliphatic hydroxyl groups excluding tert-OH is 1. The molecule has 172 valence electrons. The van der Waals surface area contributed by atoms with Gasteiger partial charge in [-0.3, -0.25) is 4.79 Å². The van der Waals surface area contributed by atoms with Crippen molar-refractivity contribution in [2.24, 2.45) is 34.5 Å². The number of aliphatic hydroxyl groups is 1. The Morgan fingerprint density at radius 1 is 1.40 bits per heavy atom. The van der Waals surface area contributed by atoms with Crippen LogP contribution < -0.4 is 0 Å². The van der Waals surface area contributed by atoms with Gasteiger partial charge in [0, 0.05) is 5.92 Å². The number of carbonyl (C=O) groups is 1. The molecule has 2 rings (SSSR count). The predicted octanol–water partition coefficient (Wildman–Crippen LogP) is 7.04. The zero-order valence-electron chi connectivity index (χ0n) is 20.0. The van der Waals surface area contributed by atoms with Crippen molar-refractivity contribution in [3.8, 4) is 0 Å². The Balaban J connectivity index is 1.99. The monoisotopic (exact) mass is 482 g/mol. The van der Waals surface area contributed by atoms with Crippen molar-refractivity contribution in [1.29, 1.82) is 0 Å². The summed E-state index contributed by atoms with van der Waals surface area (Å²) in [5, 5.41) is 11.1. The number of esters is 1. The summed E-state index contributed by atoms with van der Waals surface area (Å²) in [6.45, 7) is 16.8. The van der Waals surface area contributed by atoms with Crippen LogP contribution in [0.3, 0.4) is 0 Å². The van der Waals surface area contributed by atoms with Crippen LogP contribution in [0.5, 0.6) is 0 Å². The van der Waals surface area contributed by atoms with Crippen LogP contribution in [0.15, 0.2) is 22.7 Å². The fourth-order valence-corrected chi connectivity index (χ4v) is 6.72. The van der Waals surface area contributed by atoms with Gasteiger partial charge in [-0.15, -0.1) is 0 Å². The lowest BCUT2D eigenvalue weighted by Gasteiger charge is -2.44. The van der Waals surface area contributed by atoms with Crippen LogP contribution in [-0.4, -0.2) is 23.8 Å². The molecule has 3 nitrogen and oxygen atoms in total. The lowest BCUT2D eigenvalue weighted by atomic mass is 9.61. The number of allylic oxidation sites excluding steroid dienone is 1. The van der Waals surface area contributed by atoms with Crippen molar-refractivity contribution in [2.75, 3.05) is 6.61 Å². The highest BCUT2D eigenvalue weighted by atomic mass is 79.9. The number of fused-ring (bicyclic) bond motifs is 1. The minimum absolute atomic E-state index is 0.0328. The van der Waals surface area contributed by atoms with Crippen molar-refractivity contribution < 1.29 is 14.6 Å². The molecule has 0 bridgehead atoms. The van der Waals surface area contributed by atoms with E-state index < -0.39 is 11.5 Å². The molecule has 0 aromatic heterocycles. The summed E-state index contributed by atoms with van der Waals surface area (Å²) in [6, 6.07) is 0. The Bertz CT molecular complexity index is 647. The Hall–Kier alpha value is -0.610. The molecule has 0 aromatic rings. The molecule has 0 aliphatic heterocycles. The number of carbonyl (C=O) groups excluding carboxylic acids is 1. The average Bonchev–Trinajstić information content (AvgIpc) is 3.02. The normalized spacial score (nSPS) is 31.1. The maximum atomic E-state index is 12.1. The fourth-order valence-electron chi connectivity index (χ4n) is 6.17. The number of hydrogen-bond donors (Lipinski definition) is 1. The molecule has 2 aliphatic carbocycles. The number of ether oxygens (including phenoxy) is 1. The third-order valence-electron chi connectivity index (χ3n) is 7.91. The first-order chi connectivity index (χ1) is 14.0. The van der Waals surface area contributed by atoms with E-state index in [4.69, 9.17) is 4.74 Å². The second-order valence-electron chi connectivity index (χ2n) is 11.1. The quantitative estimate of drug-likeness (QED) is 0.298. The second-order valence-corrected chi connectivity index (χ2v) is 11.5. The SMILES string of the molecule is C=C(COC(=O)C(C)(C)C)[C@@H](CC)[C@H](O)C[C@@H](C)[C@H]1CC[C@H]2C(=CBr)CCC[C@]12C. The average molecular weight is 484 g/mol. The molecule has 0 heterocycles. The molecule has 0 radical (unpaired) electrons. The molecule has 1 N–H and O–H groups in total. The van der Waals surface area contributed by atoms with E-state index in [9.17, 15) is 9.90 Å². The molecular weight excluding hydrogens is 440 g/mol. The first kappa shape index (κ1) is 25.6. The molecule has 0 saturated heterocycles. The highest BCUT2D eigenvalue weighted by Crippen LogP contribution is 2.60. The van der Waals surface area contributed by atoms with Crippen LogP contribution >= 0.6 is 15.9 Å². The summed E-state index contributed by atoms with van der Waals surface area (Å²) >= 11 is 3.60.